The molecule has 0 aliphatic carbocycles. The summed E-state index contributed by atoms with van der Waals surface area (Å²) in [7, 11) is 0. The number of hydrogen-bond donors (Lipinski definition) is 0. The van der Waals surface area contributed by atoms with E-state index < -0.39 is 0 Å². The molecule has 1 aromatic heterocycles. The van der Waals surface area contributed by atoms with E-state index in [1.165, 1.54) is 5.56 Å². The van der Waals surface area contributed by atoms with Crippen LogP contribution in [-0.4, -0.2) is 21.6 Å². The van der Waals surface area contributed by atoms with Crippen LogP contribution in [0.3, 0.4) is 0 Å². The van der Waals surface area contributed by atoms with Crippen molar-refractivity contribution in [3.8, 4) is 11.8 Å². The highest BCUT2D eigenvalue weighted by Crippen LogP contribution is 2.24. The Morgan fingerprint density at radius 2 is 1.91 bits per heavy atom. The lowest BCUT2D eigenvalue weighted by molar-refractivity contribution is 0.294. The molecule has 1 aromatic carbocycles. The molecule has 0 radical (unpaired) electrons. The maximum absolute atomic E-state index is 9.15. The Bertz CT molecular complexity index is 659. The fourth-order valence-electron chi connectivity index (χ4n) is 2.33. The monoisotopic (exact) mass is 298 g/mol. The van der Waals surface area contributed by atoms with Crippen molar-refractivity contribution in [2.45, 2.75) is 46.1 Å². The smallest absolute Gasteiger partial charge is 0.186 e. The Kier molecular flexibility index (Phi) is 4.81. The molecule has 2 aromatic rings. The van der Waals surface area contributed by atoms with Crippen molar-refractivity contribution >= 4 is 0 Å². The average molecular weight is 298 g/mol. The molecule has 0 bridgehead atoms. The van der Waals surface area contributed by atoms with Crippen molar-refractivity contribution in [3.05, 3.63) is 41.2 Å². The van der Waals surface area contributed by atoms with Crippen LogP contribution < -0.4 is 4.74 Å². The summed E-state index contributed by atoms with van der Waals surface area (Å²) >= 11 is 0. The van der Waals surface area contributed by atoms with Crippen LogP contribution in [0.15, 0.2) is 24.3 Å². The topological polar surface area (TPSA) is 63.7 Å². The highest BCUT2D eigenvalue weighted by molar-refractivity contribution is 5.30. The Morgan fingerprint density at radius 1 is 1.23 bits per heavy atom. The molecule has 0 N–H and O–H groups in total. The largest absolute Gasteiger partial charge is 0.494 e. The summed E-state index contributed by atoms with van der Waals surface area (Å²) in [5, 5.41) is 17.2. The van der Waals surface area contributed by atoms with Gasteiger partial charge in [-0.05, 0) is 19.1 Å². The second-order valence-corrected chi connectivity index (χ2v) is 6.39. The molecule has 0 aliphatic heterocycles. The maximum atomic E-state index is 9.15. The summed E-state index contributed by atoms with van der Waals surface area (Å²) in [5.41, 5.74) is 2.35. The number of aryl methyl sites for hydroxylation is 2. The molecule has 0 saturated heterocycles. The van der Waals surface area contributed by atoms with Gasteiger partial charge >= 0.3 is 0 Å². The first-order valence-corrected chi connectivity index (χ1v) is 7.45. The normalized spacial score (nSPS) is 11.2. The quantitative estimate of drug-likeness (QED) is 0.795. The van der Waals surface area contributed by atoms with Gasteiger partial charge in [0, 0.05) is 18.4 Å². The van der Waals surface area contributed by atoms with Crippen LogP contribution in [0.25, 0.3) is 0 Å². The van der Waals surface area contributed by atoms with Gasteiger partial charge in [-0.25, -0.2) is 4.68 Å². The van der Waals surface area contributed by atoms with Gasteiger partial charge in [0.05, 0.1) is 12.3 Å². The Balaban J connectivity index is 1.94. The van der Waals surface area contributed by atoms with E-state index in [-0.39, 0.29) is 5.41 Å². The van der Waals surface area contributed by atoms with Crippen LogP contribution in [0.4, 0.5) is 0 Å². The van der Waals surface area contributed by atoms with Gasteiger partial charge < -0.3 is 4.74 Å². The van der Waals surface area contributed by atoms with Gasteiger partial charge in [-0.3, -0.25) is 0 Å². The molecule has 0 aliphatic rings. The predicted molar refractivity (Wildman–Crippen MR) is 84.7 cm³/mol. The standard InChI is InChI=1S/C17H22N4O/c1-13-6-8-14(9-7-13)22-11-5-10-21-16(17(2,3)4)15(12-18)19-20-21/h6-9H,5,10-11H2,1-4H3. The van der Waals surface area contributed by atoms with Gasteiger partial charge in [-0.1, -0.05) is 43.7 Å². The minimum Gasteiger partial charge on any atom is -0.494 e. The number of hydrogen-bond acceptors (Lipinski definition) is 4. The summed E-state index contributed by atoms with van der Waals surface area (Å²) in [6.07, 6.45) is 0.811. The van der Waals surface area contributed by atoms with Crippen LogP contribution in [-0.2, 0) is 12.0 Å². The number of aromatic nitrogens is 3. The highest BCUT2D eigenvalue weighted by atomic mass is 16.5. The van der Waals surface area contributed by atoms with Gasteiger partial charge in [-0.2, -0.15) is 5.26 Å². The van der Waals surface area contributed by atoms with Crippen molar-refractivity contribution < 1.29 is 4.74 Å². The zero-order valence-electron chi connectivity index (χ0n) is 13.6. The lowest BCUT2D eigenvalue weighted by Crippen LogP contribution is -2.20. The third-order valence-electron chi connectivity index (χ3n) is 3.36. The molecule has 0 saturated carbocycles. The molecule has 5 heteroatoms. The Morgan fingerprint density at radius 3 is 2.50 bits per heavy atom. The molecule has 2 rings (SSSR count). The third kappa shape index (κ3) is 3.85. The summed E-state index contributed by atoms with van der Waals surface area (Å²) in [4.78, 5) is 0. The van der Waals surface area contributed by atoms with Crippen LogP contribution in [0.1, 0.15) is 44.1 Å². The van der Waals surface area contributed by atoms with Gasteiger partial charge in [0.2, 0.25) is 0 Å². The molecular formula is C17H22N4O. The van der Waals surface area contributed by atoms with Gasteiger partial charge in [0.25, 0.3) is 0 Å². The lowest BCUT2D eigenvalue weighted by atomic mass is 9.90. The van der Waals surface area contributed by atoms with Gasteiger partial charge in [0.1, 0.15) is 11.8 Å². The predicted octanol–water partition coefficient (Wildman–Crippen LogP) is 3.22. The lowest BCUT2D eigenvalue weighted by Gasteiger charge is -2.19. The SMILES string of the molecule is Cc1ccc(OCCCn2nnc(C#N)c2C(C)(C)C)cc1. The molecule has 1 heterocycles. The Labute approximate surface area is 131 Å². The number of nitrogens with zero attached hydrogens (tertiary/aromatic N) is 4. The molecule has 0 unspecified atom stereocenters. The van der Waals surface area contributed by atoms with Crippen molar-refractivity contribution in [2.24, 2.45) is 0 Å². The second-order valence-electron chi connectivity index (χ2n) is 6.39. The van der Waals surface area contributed by atoms with E-state index in [0.29, 0.717) is 18.8 Å². The molecule has 0 fully saturated rings. The van der Waals surface area contributed by atoms with Crippen LogP contribution >= 0.6 is 0 Å². The summed E-state index contributed by atoms with van der Waals surface area (Å²) < 4.78 is 7.53. The highest BCUT2D eigenvalue weighted by Gasteiger charge is 2.25. The van der Waals surface area contributed by atoms with Crippen LogP contribution in [0, 0.1) is 18.3 Å². The summed E-state index contributed by atoms with van der Waals surface area (Å²) in [6.45, 7) is 9.53. The van der Waals surface area contributed by atoms with Crippen LogP contribution in [0.5, 0.6) is 5.75 Å². The van der Waals surface area contributed by atoms with E-state index >= 15 is 0 Å². The molecular weight excluding hydrogens is 276 g/mol. The number of nitriles is 1. The van der Waals surface area contributed by atoms with E-state index in [4.69, 9.17) is 10.00 Å². The summed E-state index contributed by atoms with van der Waals surface area (Å²) in [6, 6.07) is 10.1. The van der Waals surface area contributed by atoms with E-state index in [2.05, 4.69) is 44.1 Å². The van der Waals surface area contributed by atoms with E-state index in [1.807, 2.05) is 28.9 Å². The molecule has 116 valence electrons. The van der Waals surface area contributed by atoms with Crippen molar-refractivity contribution in [1.82, 2.24) is 15.0 Å². The second kappa shape index (κ2) is 6.61. The molecule has 0 atom stereocenters. The molecule has 0 amide bonds. The first kappa shape index (κ1) is 16.0. The number of benzene rings is 1. The van der Waals surface area contributed by atoms with Gasteiger partial charge in [0.15, 0.2) is 5.69 Å². The fourth-order valence-corrected chi connectivity index (χ4v) is 2.33. The third-order valence-corrected chi connectivity index (χ3v) is 3.36. The van der Waals surface area contributed by atoms with E-state index in [1.54, 1.807) is 0 Å². The zero-order chi connectivity index (χ0) is 16.2. The van der Waals surface area contributed by atoms with Crippen molar-refractivity contribution in [3.63, 3.8) is 0 Å². The van der Waals surface area contributed by atoms with Crippen molar-refractivity contribution in [2.75, 3.05) is 6.61 Å². The molecule has 0 spiro atoms. The number of rotatable bonds is 5. The fraction of sp³-hybridized carbons (Fsp3) is 0.471. The van der Waals surface area contributed by atoms with E-state index in [9.17, 15) is 0 Å². The van der Waals surface area contributed by atoms with E-state index in [0.717, 1.165) is 17.9 Å². The van der Waals surface area contributed by atoms with Crippen molar-refractivity contribution in [1.29, 1.82) is 5.26 Å². The minimum absolute atomic E-state index is 0.160. The molecule has 5 nitrogen and oxygen atoms in total. The summed E-state index contributed by atoms with van der Waals surface area (Å²) in [5.74, 6) is 0.873. The van der Waals surface area contributed by atoms with Crippen LogP contribution in [0.2, 0.25) is 0 Å². The van der Waals surface area contributed by atoms with Gasteiger partial charge in [-0.15, -0.1) is 5.10 Å². The Hall–Kier alpha value is -2.35. The maximum Gasteiger partial charge on any atom is 0.186 e. The first-order chi connectivity index (χ1) is 10.4. The number of ether oxygens (including phenoxy) is 1. The first-order valence-electron chi connectivity index (χ1n) is 7.45. The average Bonchev–Trinajstić information content (AvgIpc) is 2.88. The zero-order valence-corrected chi connectivity index (χ0v) is 13.6. The minimum atomic E-state index is -0.160. The molecule has 22 heavy (non-hydrogen) atoms.